The number of hydrogen-bond donors (Lipinski definition) is 2. The molecule has 1 aromatic rings. The number of aryl methyl sites for hydroxylation is 1. The van der Waals surface area contributed by atoms with Crippen LogP contribution in [-0.4, -0.2) is 69.9 Å². The quantitative estimate of drug-likeness (QED) is 0.421. The summed E-state index contributed by atoms with van der Waals surface area (Å²) < 4.78 is 11.3. The Kier molecular flexibility index (Phi) is 8.19. The molecule has 0 atom stereocenters. The zero-order valence-electron chi connectivity index (χ0n) is 16.7. The number of rotatable bonds is 8. The Balaban J connectivity index is 1.84. The van der Waals surface area contributed by atoms with Crippen molar-refractivity contribution in [1.29, 1.82) is 0 Å². The molecule has 0 aliphatic carbocycles. The van der Waals surface area contributed by atoms with E-state index in [1.54, 1.807) is 0 Å². The van der Waals surface area contributed by atoms with Crippen molar-refractivity contribution in [1.82, 2.24) is 15.5 Å². The van der Waals surface area contributed by atoms with E-state index in [-0.39, 0.29) is 5.54 Å². The van der Waals surface area contributed by atoms with E-state index in [2.05, 4.69) is 55.6 Å². The molecule has 1 aliphatic rings. The highest BCUT2D eigenvalue weighted by Crippen LogP contribution is 2.26. The second-order valence-electron chi connectivity index (χ2n) is 7.01. The summed E-state index contributed by atoms with van der Waals surface area (Å²) in [5, 5.41) is 6.68. The lowest BCUT2D eigenvalue weighted by Gasteiger charge is -2.41. The first kappa shape index (κ1) is 20.5. The lowest BCUT2D eigenvalue weighted by Crippen LogP contribution is -2.52. The summed E-state index contributed by atoms with van der Waals surface area (Å²) in [7, 11) is 4.27. The number of likely N-dealkylation sites (N-methyl/N-ethyl adjacent to an activating group) is 1. The second kappa shape index (κ2) is 10.4. The Hall–Kier alpha value is -1.79. The van der Waals surface area contributed by atoms with Crippen LogP contribution in [0.5, 0.6) is 5.75 Å². The van der Waals surface area contributed by atoms with Gasteiger partial charge >= 0.3 is 0 Å². The molecule has 0 aromatic heterocycles. The van der Waals surface area contributed by atoms with Crippen molar-refractivity contribution in [3.05, 3.63) is 29.8 Å². The van der Waals surface area contributed by atoms with E-state index in [4.69, 9.17) is 14.5 Å². The van der Waals surface area contributed by atoms with E-state index >= 15 is 0 Å². The summed E-state index contributed by atoms with van der Waals surface area (Å²) in [6, 6.07) is 8.12. The molecule has 26 heavy (non-hydrogen) atoms. The van der Waals surface area contributed by atoms with Gasteiger partial charge in [-0.15, -0.1) is 0 Å². The van der Waals surface area contributed by atoms with E-state index < -0.39 is 0 Å². The van der Waals surface area contributed by atoms with Gasteiger partial charge in [-0.25, -0.2) is 0 Å². The maximum absolute atomic E-state index is 5.77. The van der Waals surface area contributed by atoms with Crippen LogP contribution in [0.2, 0.25) is 0 Å². The first-order valence-electron chi connectivity index (χ1n) is 9.52. The van der Waals surface area contributed by atoms with Crippen molar-refractivity contribution < 1.29 is 9.47 Å². The van der Waals surface area contributed by atoms with Gasteiger partial charge in [0, 0.05) is 25.3 Å². The first-order valence-corrected chi connectivity index (χ1v) is 9.52. The van der Waals surface area contributed by atoms with Gasteiger partial charge in [-0.2, -0.15) is 0 Å². The molecule has 0 spiro atoms. The molecule has 1 fully saturated rings. The molecule has 2 N–H and O–H groups in total. The van der Waals surface area contributed by atoms with Crippen molar-refractivity contribution in [2.45, 2.75) is 32.2 Å². The summed E-state index contributed by atoms with van der Waals surface area (Å²) >= 11 is 0. The van der Waals surface area contributed by atoms with Crippen LogP contribution in [0.25, 0.3) is 0 Å². The maximum Gasteiger partial charge on any atom is 0.191 e. The molecule has 0 radical (unpaired) electrons. The molecule has 0 unspecified atom stereocenters. The van der Waals surface area contributed by atoms with Gasteiger partial charge < -0.3 is 25.0 Å². The molecule has 1 heterocycles. The molecule has 6 heteroatoms. The molecule has 6 nitrogen and oxygen atoms in total. The summed E-state index contributed by atoms with van der Waals surface area (Å²) in [6.45, 7) is 8.67. The van der Waals surface area contributed by atoms with Crippen molar-refractivity contribution in [2.75, 3.05) is 53.6 Å². The zero-order valence-corrected chi connectivity index (χ0v) is 16.7. The number of guanidine groups is 1. The molecular weight excluding hydrogens is 328 g/mol. The molecule has 1 saturated heterocycles. The van der Waals surface area contributed by atoms with E-state index in [0.29, 0.717) is 13.2 Å². The van der Waals surface area contributed by atoms with Crippen LogP contribution in [0, 0.1) is 6.92 Å². The fourth-order valence-corrected chi connectivity index (χ4v) is 3.04. The molecule has 1 aliphatic heterocycles. The van der Waals surface area contributed by atoms with Crippen molar-refractivity contribution in [3.63, 3.8) is 0 Å². The highest BCUT2D eigenvalue weighted by atomic mass is 16.5. The summed E-state index contributed by atoms with van der Waals surface area (Å²) in [5.41, 5.74) is 1.32. The zero-order chi connectivity index (χ0) is 18.8. The first-order chi connectivity index (χ1) is 12.6. The molecule has 1 aromatic carbocycles. The minimum absolute atomic E-state index is 0.0823. The minimum atomic E-state index is 0.0823. The minimum Gasteiger partial charge on any atom is -0.492 e. The average Bonchev–Trinajstić information content (AvgIpc) is 2.65. The number of hydrogen-bond acceptors (Lipinski definition) is 4. The predicted octanol–water partition coefficient (Wildman–Crippen LogP) is 2.04. The van der Waals surface area contributed by atoms with Gasteiger partial charge in [0.15, 0.2) is 5.96 Å². The Labute approximate surface area is 158 Å². The third-order valence-corrected chi connectivity index (χ3v) is 4.93. The van der Waals surface area contributed by atoms with Gasteiger partial charge in [0.05, 0.1) is 13.1 Å². The van der Waals surface area contributed by atoms with E-state index in [9.17, 15) is 0 Å². The highest BCUT2D eigenvalue weighted by Gasteiger charge is 2.34. The monoisotopic (exact) mass is 362 g/mol. The molecule has 0 saturated carbocycles. The Morgan fingerprint density at radius 1 is 1.19 bits per heavy atom. The van der Waals surface area contributed by atoms with Gasteiger partial charge in [0.25, 0.3) is 0 Å². The molecule has 146 valence electrons. The van der Waals surface area contributed by atoms with Crippen LogP contribution in [0.1, 0.15) is 25.3 Å². The van der Waals surface area contributed by atoms with Gasteiger partial charge in [-0.1, -0.05) is 17.7 Å². The third-order valence-electron chi connectivity index (χ3n) is 4.93. The average molecular weight is 363 g/mol. The SMILES string of the molecule is CCNC(=NCC1(N(C)C)CCOCC1)NCCOc1ccc(C)cc1. The summed E-state index contributed by atoms with van der Waals surface area (Å²) in [4.78, 5) is 7.12. The number of nitrogens with zero attached hydrogens (tertiary/aromatic N) is 2. The largest absolute Gasteiger partial charge is 0.492 e. The summed E-state index contributed by atoms with van der Waals surface area (Å²) in [5.74, 6) is 1.74. The van der Waals surface area contributed by atoms with Crippen LogP contribution in [-0.2, 0) is 4.74 Å². The standard InChI is InChI=1S/C20H34N4O2/c1-5-21-19(22-12-15-26-18-8-6-17(2)7-9-18)23-16-20(24(3)4)10-13-25-14-11-20/h6-9H,5,10-16H2,1-4H3,(H2,21,22,23). The van der Waals surface area contributed by atoms with Gasteiger partial charge in [0.1, 0.15) is 12.4 Å². The van der Waals surface area contributed by atoms with Crippen LogP contribution in [0.4, 0.5) is 0 Å². The number of nitrogens with one attached hydrogen (secondary N) is 2. The van der Waals surface area contributed by atoms with Crippen molar-refractivity contribution in [2.24, 2.45) is 4.99 Å². The molecule has 0 bridgehead atoms. The normalized spacial score (nSPS) is 17.2. The Morgan fingerprint density at radius 2 is 1.88 bits per heavy atom. The second-order valence-corrected chi connectivity index (χ2v) is 7.01. The highest BCUT2D eigenvalue weighted by molar-refractivity contribution is 5.79. The maximum atomic E-state index is 5.77. The molecular formula is C20H34N4O2. The number of benzene rings is 1. The Morgan fingerprint density at radius 3 is 2.50 bits per heavy atom. The predicted molar refractivity (Wildman–Crippen MR) is 107 cm³/mol. The van der Waals surface area contributed by atoms with E-state index in [1.807, 2.05) is 12.1 Å². The van der Waals surface area contributed by atoms with Gasteiger partial charge in [-0.3, -0.25) is 4.99 Å². The van der Waals surface area contributed by atoms with E-state index in [1.165, 1.54) is 5.56 Å². The molecule has 2 rings (SSSR count). The summed E-state index contributed by atoms with van der Waals surface area (Å²) in [6.07, 6.45) is 2.03. The third kappa shape index (κ3) is 6.18. The number of ether oxygens (including phenoxy) is 2. The van der Waals surface area contributed by atoms with E-state index in [0.717, 1.165) is 50.9 Å². The topological polar surface area (TPSA) is 58.1 Å². The van der Waals surface area contributed by atoms with Gasteiger partial charge in [0.2, 0.25) is 0 Å². The Bertz CT molecular complexity index is 551. The smallest absolute Gasteiger partial charge is 0.191 e. The fraction of sp³-hybridized carbons (Fsp3) is 0.650. The lowest BCUT2D eigenvalue weighted by molar-refractivity contribution is -0.00254. The number of aliphatic imine (C=N–C) groups is 1. The van der Waals surface area contributed by atoms with Crippen LogP contribution in [0.3, 0.4) is 0 Å². The van der Waals surface area contributed by atoms with Crippen LogP contribution < -0.4 is 15.4 Å². The fourth-order valence-electron chi connectivity index (χ4n) is 3.04. The van der Waals surface area contributed by atoms with Gasteiger partial charge in [-0.05, 0) is 52.9 Å². The van der Waals surface area contributed by atoms with Crippen LogP contribution >= 0.6 is 0 Å². The lowest BCUT2D eigenvalue weighted by atomic mass is 9.89. The molecule has 0 amide bonds. The van der Waals surface area contributed by atoms with Crippen molar-refractivity contribution in [3.8, 4) is 5.75 Å². The van der Waals surface area contributed by atoms with Crippen molar-refractivity contribution >= 4 is 5.96 Å². The van der Waals surface area contributed by atoms with Crippen LogP contribution in [0.15, 0.2) is 29.3 Å².